The van der Waals surface area contributed by atoms with Gasteiger partial charge in [-0.1, -0.05) is 18.5 Å². The van der Waals surface area contributed by atoms with Gasteiger partial charge in [0.1, 0.15) is 0 Å². The molecule has 0 aromatic carbocycles. The van der Waals surface area contributed by atoms with Crippen molar-refractivity contribution in [2.75, 3.05) is 7.11 Å². The molecule has 0 aliphatic heterocycles. The second-order valence-electron chi connectivity index (χ2n) is 4.32. The molecular weight excluding hydrogens is 240 g/mol. The standard InChI is InChI=1S/C12H21ClN2O2/c1-5-10-12(13)11(15(3)14-10)7-9(16)6-8(2)17-4/h8-9,16H,5-7H2,1-4H3. The Morgan fingerprint density at radius 1 is 1.53 bits per heavy atom. The summed E-state index contributed by atoms with van der Waals surface area (Å²) < 4.78 is 6.88. The molecule has 5 heteroatoms. The number of ether oxygens (including phenoxy) is 1. The molecule has 4 nitrogen and oxygen atoms in total. The molecule has 1 heterocycles. The number of hydrogen-bond donors (Lipinski definition) is 1. The van der Waals surface area contributed by atoms with Gasteiger partial charge in [-0.05, 0) is 19.8 Å². The van der Waals surface area contributed by atoms with Crippen molar-refractivity contribution in [1.29, 1.82) is 0 Å². The van der Waals surface area contributed by atoms with E-state index in [9.17, 15) is 5.11 Å². The van der Waals surface area contributed by atoms with Crippen molar-refractivity contribution in [3.63, 3.8) is 0 Å². The van der Waals surface area contributed by atoms with Crippen molar-refractivity contribution < 1.29 is 9.84 Å². The molecule has 1 rings (SSSR count). The smallest absolute Gasteiger partial charge is 0.0850 e. The van der Waals surface area contributed by atoms with Gasteiger partial charge in [0.25, 0.3) is 0 Å². The molecule has 0 saturated carbocycles. The number of aliphatic hydroxyl groups is 1. The maximum Gasteiger partial charge on any atom is 0.0850 e. The summed E-state index contributed by atoms with van der Waals surface area (Å²) in [4.78, 5) is 0. The quantitative estimate of drug-likeness (QED) is 0.851. The highest BCUT2D eigenvalue weighted by Gasteiger charge is 2.18. The van der Waals surface area contributed by atoms with Gasteiger partial charge < -0.3 is 9.84 Å². The molecular formula is C12H21ClN2O2. The van der Waals surface area contributed by atoms with Gasteiger partial charge in [-0.2, -0.15) is 5.10 Å². The van der Waals surface area contributed by atoms with Crippen molar-refractivity contribution in [3.8, 4) is 0 Å². The normalized spacial score (nSPS) is 14.9. The largest absolute Gasteiger partial charge is 0.393 e. The van der Waals surface area contributed by atoms with Gasteiger partial charge in [0, 0.05) is 20.6 Å². The molecule has 2 unspecified atom stereocenters. The fourth-order valence-corrected chi connectivity index (χ4v) is 2.20. The second-order valence-corrected chi connectivity index (χ2v) is 4.70. The van der Waals surface area contributed by atoms with Gasteiger partial charge in [-0.15, -0.1) is 0 Å². The molecule has 0 saturated heterocycles. The lowest BCUT2D eigenvalue weighted by Crippen LogP contribution is -2.20. The van der Waals surface area contributed by atoms with Crippen LogP contribution in [0.3, 0.4) is 0 Å². The number of methoxy groups -OCH3 is 1. The highest BCUT2D eigenvalue weighted by Crippen LogP contribution is 2.22. The van der Waals surface area contributed by atoms with E-state index in [-0.39, 0.29) is 6.10 Å². The fourth-order valence-electron chi connectivity index (χ4n) is 1.83. The highest BCUT2D eigenvalue weighted by molar-refractivity contribution is 6.31. The zero-order chi connectivity index (χ0) is 13.0. The number of rotatable bonds is 6. The molecule has 98 valence electrons. The summed E-state index contributed by atoms with van der Waals surface area (Å²) in [7, 11) is 3.50. The third-order valence-electron chi connectivity index (χ3n) is 2.94. The topological polar surface area (TPSA) is 47.3 Å². The van der Waals surface area contributed by atoms with E-state index in [0.29, 0.717) is 17.9 Å². The lowest BCUT2D eigenvalue weighted by molar-refractivity contribution is 0.0558. The summed E-state index contributed by atoms with van der Waals surface area (Å²) in [5.74, 6) is 0. The summed E-state index contributed by atoms with van der Waals surface area (Å²) in [6.07, 6.45) is 1.50. The van der Waals surface area contributed by atoms with E-state index in [2.05, 4.69) is 5.10 Å². The number of aryl methyl sites for hydroxylation is 2. The van der Waals surface area contributed by atoms with Crippen LogP contribution in [0.1, 0.15) is 31.7 Å². The minimum absolute atomic E-state index is 0.0441. The zero-order valence-electron chi connectivity index (χ0n) is 10.9. The maximum absolute atomic E-state index is 9.96. The molecule has 0 aliphatic carbocycles. The molecule has 1 aromatic heterocycles. The van der Waals surface area contributed by atoms with Crippen LogP contribution in [0.5, 0.6) is 0 Å². The van der Waals surface area contributed by atoms with Crippen molar-refractivity contribution >= 4 is 11.6 Å². The predicted octanol–water partition coefficient (Wildman–Crippen LogP) is 1.96. The minimum atomic E-state index is -0.456. The monoisotopic (exact) mass is 260 g/mol. The Hall–Kier alpha value is -0.580. The molecule has 0 radical (unpaired) electrons. The lowest BCUT2D eigenvalue weighted by atomic mass is 10.1. The van der Waals surface area contributed by atoms with Crippen LogP contribution in [0.15, 0.2) is 0 Å². The minimum Gasteiger partial charge on any atom is -0.393 e. The second kappa shape index (κ2) is 6.38. The van der Waals surface area contributed by atoms with Crippen molar-refractivity contribution in [2.45, 2.75) is 45.3 Å². The van der Waals surface area contributed by atoms with E-state index in [0.717, 1.165) is 17.8 Å². The average molecular weight is 261 g/mol. The third kappa shape index (κ3) is 3.69. The number of aliphatic hydroxyl groups excluding tert-OH is 1. The fraction of sp³-hybridized carbons (Fsp3) is 0.750. The molecule has 0 fully saturated rings. The van der Waals surface area contributed by atoms with Crippen LogP contribution in [-0.2, 0) is 24.6 Å². The molecule has 0 amide bonds. The number of aromatic nitrogens is 2. The van der Waals surface area contributed by atoms with Crippen LogP contribution in [0.4, 0.5) is 0 Å². The van der Waals surface area contributed by atoms with Gasteiger partial charge in [0.05, 0.1) is 28.6 Å². The molecule has 17 heavy (non-hydrogen) atoms. The Morgan fingerprint density at radius 3 is 2.65 bits per heavy atom. The third-order valence-corrected chi connectivity index (χ3v) is 3.37. The molecule has 0 bridgehead atoms. The Bertz CT molecular complexity index is 366. The molecule has 2 atom stereocenters. The molecule has 1 N–H and O–H groups in total. The first-order valence-electron chi connectivity index (χ1n) is 5.90. The van der Waals surface area contributed by atoms with Crippen LogP contribution < -0.4 is 0 Å². The van der Waals surface area contributed by atoms with Gasteiger partial charge in [0.2, 0.25) is 0 Å². The summed E-state index contributed by atoms with van der Waals surface area (Å²) >= 11 is 6.22. The van der Waals surface area contributed by atoms with Gasteiger partial charge >= 0.3 is 0 Å². The van der Waals surface area contributed by atoms with Crippen LogP contribution in [0, 0.1) is 0 Å². The zero-order valence-corrected chi connectivity index (χ0v) is 11.7. The van der Waals surface area contributed by atoms with E-state index in [1.807, 2.05) is 20.9 Å². The number of hydrogen-bond acceptors (Lipinski definition) is 3. The van der Waals surface area contributed by atoms with Gasteiger partial charge in [-0.3, -0.25) is 4.68 Å². The Labute approximate surface area is 108 Å². The summed E-state index contributed by atoms with van der Waals surface area (Å²) in [5, 5.41) is 15.0. The summed E-state index contributed by atoms with van der Waals surface area (Å²) in [6.45, 7) is 3.95. The first-order chi connectivity index (χ1) is 7.99. The molecule has 0 aliphatic rings. The van der Waals surface area contributed by atoms with Crippen LogP contribution >= 0.6 is 11.6 Å². The summed E-state index contributed by atoms with van der Waals surface area (Å²) in [5.41, 5.74) is 1.77. The number of halogens is 1. The highest BCUT2D eigenvalue weighted by atomic mass is 35.5. The van der Waals surface area contributed by atoms with Crippen LogP contribution in [0.2, 0.25) is 5.02 Å². The van der Waals surface area contributed by atoms with Crippen LogP contribution in [-0.4, -0.2) is 34.2 Å². The lowest BCUT2D eigenvalue weighted by Gasteiger charge is -2.15. The summed E-state index contributed by atoms with van der Waals surface area (Å²) in [6, 6.07) is 0. The average Bonchev–Trinajstić information content (AvgIpc) is 2.56. The predicted molar refractivity (Wildman–Crippen MR) is 68.4 cm³/mol. The van der Waals surface area contributed by atoms with Crippen molar-refractivity contribution in [1.82, 2.24) is 9.78 Å². The molecule has 1 aromatic rings. The maximum atomic E-state index is 9.96. The first kappa shape index (κ1) is 14.5. The number of nitrogens with zero attached hydrogens (tertiary/aromatic N) is 2. The van der Waals surface area contributed by atoms with Crippen molar-refractivity contribution in [3.05, 3.63) is 16.4 Å². The first-order valence-corrected chi connectivity index (χ1v) is 6.28. The van der Waals surface area contributed by atoms with Gasteiger partial charge in [0.15, 0.2) is 0 Å². The van der Waals surface area contributed by atoms with E-state index < -0.39 is 6.10 Å². The van der Waals surface area contributed by atoms with E-state index >= 15 is 0 Å². The van der Waals surface area contributed by atoms with Gasteiger partial charge in [-0.25, -0.2) is 0 Å². The van der Waals surface area contributed by atoms with E-state index in [1.54, 1.807) is 11.8 Å². The Balaban J connectivity index is 2.71. The van der Waals surface area contributed by atoms with E-state index in [1.165, 1.54) is 0 Å². The van der Waals surface area contributed by atoms with Crippen LogP contribution in [0.25, 0.3) is 0 Å². The Morgan fingerprint density at radius 2 is 2.18 bits per heavy atom. The van der Waals surface area contributed by atoms with Crippen molar-refractivity contribution in [2.24, 2.45) is 7.05 Å². The molecule has 0 spiro atoms. The Kier molecular flexibility index (Phi) is 5.43. The van der Waals surface area contributed by atoms with E-state index in [4.69, 9.17) is 16.3 Å². The SMILES string of the molecule is CCc1nn(C)c(CC(O)CC(C)OC)c1Cl.